The molecular weight excluding hydrogens is 385 g/mol. The molecule has 0 aliphatic carbocycles. The van der Waals surface area contributed by atoms with E-state index in [2.05, 4.69) is 15.1 Å². The van der Waals surface area contributed by atoms with E-state index in [9.17, 15) is 4.39 Å². The van der Waals surface area contributed by atoms with E-state index in [1.54, 1.807) is 0 Å². The highest BCUT2D eigenvalue weighted by Gasteiger charge is 2.49. The molecule has 4 fully saturated rings. The summed E-state index contributed by atoms with van der Waals surface area (Å²) in [5, 5.41) is 3.43. The van der Waals surface area contributed by atoms with Crippen molar-refractivity contribution in [1.29, 1.82) is 0 Å². The Kier molecular flexibility index (Phi) is 4.66. The number of halogens is 1. The SMILES string of the molecule is F[C@H]1CN2CCC[C@@]2(COc2nc3c(c(N4CCCC5(CCO5)C4)n2)CCNC3)C1. The maximum Gasteiger partial charge on any atom is 0.318 e. The summed E-state index contributed by atoms with van der Waals surface area (Å²) in [5.74, 6) is 1.03. The minimum Gasteiger partial charge on any atom is -0.461 e. The minimum absolute atomic E-state index is 0.0211. The molecule has 1 aromatic rings. The second-order valence-corrected chi connectivity index (χ2v) is 9.85. The van der Waals surface area contributed by atoms with Crippen molar-refractivity contribution >= 4 is 5.82 Å². The maximum atomic E-state index is 14.1. The Morgan fingerprint density at radius 2 is 2.10 bits per heavy atom. The molecule has 0 radical (unpaired) electrons. The topological polar surface area (TPSA) is 62.8 Å². The van der Waals surface area contributed by atoms with E-state index in [0.717, 1.165) is 89.4 Å². The second-order valence-electron chi connectivity index (χ2n) is 9.85. The molecule has 30 heavy (non-hydrogen) atoms. The Hall–Kier alpha value is -1.51. The average Bonchev–Trinajstić information content (AvgIpc) is 3.26. The van der Waals surface area contributed by atoms with E-state index in [-0.39, 0.29) is 11.1 Å². The Labute approximate surface area is 177 Å². The number of hydrogen-bond donors (Lipinski definition) is 1. The lowest BCUT2D eigenvalue weighted by Crippen LogP contribution is -2.56. The van der Waals surface area contributed by atoms with Crippen molar-refractivity contribution in [3.63, 3.8) is 0 Å². The van der Waals surface area contributed by atoms with Crippen LogP contribution in [0.2, 0.25) is 0 Å². The molecule has 0 amide bonds. The first-order valence-corrected chi connectivity index (χ1v) is 11.7. The lowest BCUT2D eigenvalue weighted by molar-refractivity contribution is -0.151. The van der Waals surface area contributed by atoms with E-state index in [4.69, 9.17) is 19.4 Å². The van der Waals surface area contributed by atoms with Gasteiger partial charge in [-0.15, -0.1) is 0 Å². The molecule has 7 nitrogen and oxygen atoms in total. The summed E-state index contributed by atoms with van der Waals surface area (Å²) in [5.41, 5.74) is 2.15. The molecule has 164 valence electrons. The predicted molar refractivity (Wildman–Crippen MR) is 111 cm³/mol. The van der Waals surface area contributed by atoms with Gasteiger partial charge in [0.15, 0.2) is 0 Å². The van der Waals surface area contributed by atoms with Gasteiger partial charge in [-0.2, -0.15) is 9.97 Å². The molecule has 1 aromatic heterocycles. The van der Waals surface area contributed by atoms with E-state index < -0.39 is 6.17 Å². The Morgan fingerprint density at radius 3 is 2.97 bits per heavy atom. The molecule has 0 saturated carbocycles. The summed E-state index contributed by atoms with van der Waals surface area (Å²) in [6.07, 6.45) is 6.29. The number of rotatable bonds is 4. The summed E-state index contributed by atoms with van der Waals surface area (Å²) in [7, 11) is 0. The van der Waals surface area contributed by atoms with Gasteiger partial charge in [-0.05, 0) is 45.2 Å². The number of nitrogens with zero attached hydrogens (tertiary/aromatic N) is 4. The van der Waals surface area contributed by atoms with E-state index >= 15 is 0 Å². The number of hydrogen-bond acceptors (Lipinski definition) is 7. The van der Waals surface area contributed by atoms with Gasteiger partial charge in [0.05, 0.1) is 23.4 Å². The highest BCUT2D eigenvalue weighted by atomic mass is 19.1. The smallest absolute Gasteiger partial charge is 0.318 e. The molecule has 5 aliphatic rings. The van der Waals surface area contributed by atoms with Gasteiger partial charge in [0.1, 0.15) is 18.6 Å². The highest BCUT2D eigenvalue weighted by molar-refractivity contribution is 5.52. The number of fused-ring (bicyclic) bond motifs is 2. The molecule has 3 atom stereocenters. The lowest BCUT2D eigenvalue weighted by Gasteiger charge is -2.49. The number of aromatic nitrogens is 2. The van der Waals surface area contributed by atoms with Gasteiger partial charge in [0.2, 0.25) is 0 Å². The Balaban J connectivity index is 1.26. The Bertz CT molecular complexity index is 819. The first-order chi connectivity index (χ1) is 14.6. The first-order valence-electron chi connectivity index (χ1n) is 11.7. The normalized spacial score (nSPS) is 35.9. The van der Waals surface area contributed by atoms with Gasteiger partial charge in [-0.25, -0.2) is 4.39 Å². The van der Waals surface area contributed by atoms with Crippen LogP contribution in [0.3, 0.4) is 0 Å². The van der Waals surface area contributed by atoms with Crippen LogP contribution < -0.4 is 15.0 Å². The number of ether oxygens (including phenoxy) is 2. The number of nitrogens with one attached hydrogen (secondary N) is 1. The zero-order valence-corrected chi connectivity index (χ0v) is 17.7. The number of alkyl halides is 1. The summed E-state index contributed by atoms with van der Waals surface area (Å²) >= 11 is 0. The van der Waals surface area contributed by atoms with Crippen molar-refractivity contribution in [2.75, 3.05) is 50.8 Å². The van der Waals surface area contributed by atoms with Gasteiger partial charge in [0.25, 0.3) is 0 Å². The van der Waals surface area contributed by atoms with Gasteiger partial charge in [-0.1, -0.05) is 0 Å². The highest BCUT2D eigenvalue weighted by Crippen LogP contribution is 2.41. The van der Waals surface area contributed by atoms with Gasteiger partial charge in [-0.3, -0.25) is 4.90 Å². The monoisotopic (exact) mass is 417 g/mol. The molecule has 6 rings (SSSR count). The third-order valence-corrected chi connectivity index (χ3v) is 7.93. The van der Waals surface area contributed by atoms with Gasteiger partial charge in [0, 0.05) is 44.6 Å². The fourth-order valence-electron chi connectivity index (χ4n) is 6.28. The van der Waals surface area contributed by atoms with Crippen molar-refractivity contribution in [1.82, 2.24) is 20.2 Å². The second kappa shape index (κ2) is 7.28. The van der Waals surface area contributed by atoms with E-state index in [0.29, 0.717) is 25.6 Å². The zero-order valence-electron chi connectivity index (χ0n) is 17.7. The zero-order chi connectivity index (χ0) is 20.2. The molecule has 4 saturated heterocycles. The predicted octanol–water partition coefficient (Wildman–Crippen LogP) is 1.84. The van der Waals surface area contributed by atoms with Crippen molar-refractivity contribution in [3.8, 4) is 6.01 Å². The average molecular weight is 418 g/mol. The van der Waals surface area contributed by atoms with Gasteiger partial charge < -0.3 is 19.7 Å². The molecule has 1 spiro atoms. The third kappa shape index (κ3) is 3.19. The molecule has 1 unspecified atom stereocenters. The molecule has 8 heteroatoms. The van der Waals surface area contributed by atoms with Crippen LogP contribution in [0.25, 0.3) is 0 Å². The standard InChI is InChI=1S/C22H32FN5O2/c23-16-11-21(4-1-9-28(21)13-16)15-29-20-25-18-12-24-7-3-17(18)19(26-20)27-8-2-5-22(14-27)6-10-30-22/h16,24H,1-15H2/t16-,21+,22?/m1/s1. The fourth-order valence-corrected chi connectivity index (χ4v) is 6.28. The van der Waals surface area contributed by atoms with Crippen molar-refractivity contribution in [3.05, 3.63) is 11.3 Å². The lowest BCUT2D eigenvalue weighted by atomic mass is 9.85. The van der Waals surface area contributed by atoms with Gasteiger partial charge >= 0.3 is 6.01 Å². The molecule has 1 N–H and O–H groups in total. The van der Waals surface area contributed by atoms with Crippen LogP contribution in [0.5, 0.6) is 6.01 Å². The Morgan fingerprint density at radius 1 is 1.20 bits per heavy atom. The van der Waals surface area contributed by atoms with Crippen LogP contribution in [0, 0.1) is 0 Å². The van der Waals surface area contributed by atoms with E-state index in [1.165, 1.54) is 5.56 Å². The minimum atomic E-state index is -0.745. The largest absolute Gasteiger partial charge is 0.461 e. The van der Waals surface area contributed by atoms with Crippen LogP contribution in [0.4, 0.5) is 10.2 Å². The number of anilines is 1. The van der Waals surface area contributed by atoms with Crippen LogP contribution >= 0.6 is 0 Å². The van der Waals surface area contributed by atoms with Crippen LogP contribution in [0.15, 0.2) is 0 Å². The van der Waals surface area contributed by atoms with E-state index in [1.807, 2.05) is 0 Å². The molecule has 5 aliphatic heterocycles. The fraction of sp³-hybridized carbons (Fsp3) is 0.818. The van der Waals surface area contributed by atoms with Crippen LogP contribution in [-0.2, 0) is 17.7 Å². The van der Waals surface area contributed by atoms with Crippen molar-refractivity contribution in [2.45, 2.75) is 68.8 Å². The van der Waals surface area contributed by atoms with Crippen LogP contribution in [-0.4, -0.2) is 78.1 Å². The summed E-state index contributed by atoms with van der Waals surface area (Å²) in [4.78, 5) is 14.4. The molecular formula is C22H32FN5O2. The van der Waals surface area contributed by atoms with Crippen molar-refractivity contribution < 1.29 is 13.9 Å². The maximum absolute atomic E-state index is 14.1. The number of piperidine rings is 1. The first kappa shape index (κ1) is 19.2. The summed E-state index contributed by atoms with van der Waals surface area (Å²) in [6, 6.07) is 0.449. The third-order valence-electron chi connectivity index (χ3n) is 7.93. The quantitative estimate of drug-likeness (QED) is 0.802. The summed E-state index contributed by atoms with van der Waals surface area (Å²) < 4.78 is 26.3. The summed E-state index contributed by atoms with van der Waals surface area (Å²) in [6.45, 7) is 6.48. The molecule has 6 heterocycles. The molecule has 0 bridgehead atoms. The molecule has 0 aromatic carbocycles. The van der Waals surface area contributed by atoms with Crippen molar-refractivity contribution in [2.24, 2.45) is 0 Å². The van der Waals surface area contributed by atoms with Crippen LogP contribution in [0.1, 0.15) is 49.8 Å².